The number of carbonyl (C=O) groups excluding carboxylic acids is 1. The van der Waals surface area contributed by atoms with E-state index in [-0.39, 0.29) is 16.2 Å². The molecule has 2 nitrogen and oxygen atoms in total. The van der Waals surface area contributed by atoms with E-state index in [1.807, 2.05) is 30.3 Å². The third-order valence-corrected chi connectivity index (χ3v) is 5.39. The van der Waals surface area contributed by atoms with Crippen LogP contribution in [-0.2, 0) is 11.0 Å². The van der Waals surface area contributed by atoms with Crippen LogP contribution in [0.5, 0.6) is 0 Å². The fraction of sp³-hybridized carbons (Fsp3) is 0.263. The van der Waals surface area contributed by atoms with Crippen LogP contribution in [0.2, 0.25) is 0 Å². The van der Waals surface area contributed by atoms with Crippen LogP contribution in [0.15, 0.2) is 58.0 Å². The minimum Gasteiger partial charge on any atom is -0.298 e. The highest BCUT2D eigenvalue weighted by atomic mass is 79.9. The number of hydrogen-bond acceptors (Lipinski definition) is 2. The number of rotatable bonds is 2. The summed E-state index contributed by atoms with van der Waals surface area (Å²) in [6, 6.07) is 13.2. The number of hydrogen-bond donors (Lipinski definition) is 0. The van der Waals surface area contributed by atoms with Gasteiger partial charge in [-0.1, -0.05) is 42.5 Å². The fourth-order valence-corrected chi connectivity index (χ4v) is 4.02. The minimum absolute atomic E-state index is 0.0873. The molecule has 0 spiro atoms. The van der Waals surface area contributed by atoms with Crippen molar-refractivity contribution in [3.05, 3.63) is 69.7 Å². The fourth-order valence-electron chi connectivity index (χ4n) is 3.31. The Morgan fingerprint density at radius 1 is 1.08 bits per heavy atom. The zero-order chi connectivity index (χ0) is 18.2. The van der Waals surface area contributed by atoms with Gasteiger partial charge in [0.2, 0.25) is 0 Å². The summed E-state index contributed by atoms with van der Waals surface area (Å²) in [7, 11) is 1.57. The summed E-state index contributed by atoms with van der Waals surface area (Å²) in [5, 5.41) is 0. The van der Waals surface area contributed by atoms with Crippen molar-refractivity contribution in [3.63, 3.8) is 0 Å². The molecule has 6 heteroatoms. The number of halogens is 4. The van der Waals surface area contributed by atoms with Crippen LogP contribution in [0.25, 0.3) is 0 Å². The summed E-state index contributed by atoms with van der Waals surface area (Å²) >= 11 is 3.06. The van der Waals surface area contributed by atoms with Gasteiger partial charge in [-0.15, -0.1) is 0 Å². The summed E-state index contributed by atoms with van der Waals surface area (Å²) in [6.45, 7) is 0. The molecule has 1 aliphatic carbocycles. The lowest BCUT2D eigenvalue weighted by atomic mass is 9.90. The summed E-state index contributed by atoms with van der Waals surface area (Å²) < 4.78 is 39.5. The normalized spacial score (nSPS) is 22.6. The lowest BCUT2D eigenvalue weighted by Crippen LogP contribution is -2.17. The molecular weight excluding hydrogens is 395 g/mol. The van der Waals surface area contributed by atoms with Gasteiger partial charge in [-0.25, -0.2) is 0 Å². The van der Waals surface area contributed by atoms with E-state index in [4.69, 9.17) is 0 Å². The SMILES string of the molecule is CN=C1CC(c2ccccc2)C(=O)C1c1cccc(C(F)(F)F)c1Br. The second kappa shape index (κ2) is 6.75. The Hall–Kier alpha value is -1.95. The van der Waals surface area contributed by atoms with Gasteiger partial charge in [-0.2, -0.15) is 13.2 Å². The van der Waals surface area contributed by atoms with Crippen LogP contribution >= 0.6 is 15.9 Å². The quantitative estimate of drug-likeness (QED) is 0.654. The highest BCUT2D eigenvalue weighted by molar-refractivity contribution is 9.10. The maximum absolute atomic E-state index is 13.2. The van der Waals surface area contributed by atoms with Crippen LogP contribution < -0.4 is 0 Å². The molecule has 1 fully saturated rings. The second-order valence-electron chi connectivity index (χ2n) is 5.92. The first-order valence-electron chi connectivity index (χ1n) is 7.74. The van der Waals surface area contributed by atoms with Crippen molar-refractivity contribution in [2.24, 2.45) is 4.99 Å². The lowest BCUT2D eigenvalue weighted by Gasteiger charge is -2.17. The van der Waals surface area contributed by atoms with Crippen molar-refractivity contribution in [1.29, 1.82) is 0 Å². The molecule has 2 aromatic rings. The number of Topliss-reactive ketones (excluding diaryl/α,β-unsaturated/α-hetero) is 1. The molecule has 25 heavy (non-hydrogen) atoms. The van der Waals surface area contributed by atoms with Crippen molar-refractivity contribution in [2.45, 2.75) is 24.4 Å². The van der Waals surface area contributed by atoms with E-state index < -0.39 is 17.7 Å². The van der Waals surface area contributed by atoms with E-state index in [1.165, 1.54) is 6.07 Å². The van der Waals surface area contributed by atoms with Gasteiger partial charge in [-0.05, 0) is 33.1 Å². The standard InChI is InChI=1S/C19H15BrF3NO/c1-24-15-10-13(11-6-3-2-4-7-11)18(25)16(15)12-8-5-9-14(17(12)20)19(21,22)23/h2-9,13,16H,10H2,1H3. The highest BCUT2D eigenvalue weighted by Crippen LogP contribution is 2.44. The first kappa shape index (κ1) is 17.9. The van der Waals surface area contributed by atoms with Gasteiger partial charge >= 0.3 is 6.18 Å². The molecular formula is C19H15BrF3NO. The second-order valence-corrected chi connectivity index (χ2v) is 6.72. The molecule has 0 heterocycles. The molecule has 0 aromatic heterocycles. The smallest absolute Gasteiger partial charge is 0.298 e. The van der Waals surface area contributed by atoms with Crippen molar-refractivity contribution in [1.82, 2.24) is 0 Å². The Morgan fingerprint density at radius 3 is 2.36 bits per heavy atom. The first-order chi connectivity index (χ1) is 11.8. The van der Waals surface area contributed by atoms with Crippen LogP contribution in [0, 0.1) is 0 Å². The van der Waals surface area contributed by atoms with Gasteiger partial charge in [-0.3, -0.25) is 9.79 Å². The Kier molecular flexibility index (Phi) is 4.82. The minimum atomic E-state index is -4.49. The number of ketones is 1. The van der Waals surface area contributed by atoms with Gasteiger partial charge < -0.3 is 0 Å². The molecule has 0 radical (unpaired) electrons. The van der Waals surface area contributed by atoms with Gasteiger partial charge in [0.1, 0.15) is 0 Å². The van der Waals surface area contributed by atoms with Crippen LogP contribution in [-0.4, -0.2) is 18.5 Å². The maximum Gasteiger partial charge on any atom is 0.417 e. The van der Waals surface area contributed by atoms with Gasteiger partial charge in [0, 0.05) is 29.6 Å². The van der Waals surface area contributed by atoms with E-state index >= 15 is 0 Å². The van der Waals surface area contributed by atoms with E-state index in [0.717, 1.165) is 11.6 Å². The van der Waals surface area contributed by atoms with Gasteiger partial charge in [0.15, 0.2) is 5.78 Å². The molecule has 0 saturated heterocycles. The molecule has 2 aromatic carbocycles. The lowest BCUT2D eigenvalue weighted by molar-refractivity contribution is -0.138. The largest absolute Gasteiger partial charge is 0.417 e. The van der Waals surface area contributed by atoms with E-state index in [2.05, 4.69) is 20.9 Å². The van der Waals surface area contributed by atoms with Crippen molar-refractivity contribution in [3.8, 4) is 0 Å². The molecule has 0 amide bonds. The van der Waals surface area contributed by atoms with Crippen molar-refractivity contribution in [2.75, 3.05) is 7.05 Å². The maximum atomic E-state index is 13.2. The summed E-state index contributed by atoms with van der Waals surface area (Å²) in [6.07, 6.45) is -4.06. The van der Waals surface area contributed by atoms with Crippen molar-refractivity contribution >= 4 is 27.4 Å². The van der Waals surface area contributed by atoms with E-state index in [9.17, 15) is 18.0 Å². The predicted octanol–water partition coefficient (Wildman–Crippen LogP) is 5.38. The number of carbonyl (C=O) groups is 1. The van der Waals surface area contributed by atoms with Crippen LogP contribution in [0.4, 0.5) is 13.2 Å². The summed E-state index contributed by atoms with van der Waals surface area (Å²) in [4.78, 5) is 17.2. The molecule has 0 N–H and O–H groups in total. The Labute approximate surface area is 151 Å². The molecule has 1 saturated carbocycles. The molecule has 0 aliphatic heterocycles. The molecule has 3 rings (SSSR count). The average Bonchev–Trinajstić information content (AvgIpc) is 2.91. The zero-order valence-corrected chi connectivity index (χ0v) is 14.9. The van der Waals surface area contributed by atoms with Crippen LogP contribution in [0.1, 0.15) is 34.9 Å². The molecule has 130 valence electrons. The topological polar surface area (TPSA) is 29.4 Å². The number of aliphatic imine (C=N–C) groups is 1. The monoisotopic (exact) mass is 409 g/mol. The Bertz CT molecular complexity index is 830. The molecule has 2 unspecified atom stereocenters. The van der Waals surface area contributed by atoms with E-state index in [0.29, 0.717) is 17.7 Å². The average molecular weight is 410 g/mol. The van der Waals surface area contributed by atoms with E-state index in [1.54, 1.807) is 13.1 Å². The summed E-state index contributed by atoms with van der Waals surface area (Å²) in [5.41, 5.74) is 1.01. The molecule has 0 bridgehead atoms. The van der Waals surface area contributed by atoms with Gasteiger partial charge in [0.05, 0.1) is 11.5 Å². The van der Waals surface area contributed by atoms with Crippen molar-refractivity contribution < 1.29 is 18.0 Å². The number of benzene rings is 2. The summed E-state index contributed by atoms with van der Waals surface area (Å²) in [5.74, 6) is -1.26. The van der Waals surface area contributed by atoms with Gasteiger partial charge in [0.25, 0.3) is 0 Å². The van der Waals surface area contributed by atoms with Crippen LogP contribution in [0.3, 0.4) is 0 Å². The Balaban J connectivity index is 2.07. The number of alkyl halides is 3. The first-order valence-corrected chi connectivity index (χ1v) is 8.53. The molecule has 1 aliphatic rings. The zero-order valence-electron chi connectivity index (χ0n) is 13.3. The predicted molar refractivity (Wildman–Crippen MR) is 94.1 cm³/mol. The highest BCUT2D eigenvalue weighted by Gasteiger charge is 2.43. The number of nitrogens with zero attached hydrogens (tertiary/aromatic N) is 1. The third-order valence-electron chi connectivity index (χ3n) is 4.51. The third kappa shape index (κ3) is 3.27. The Morgan fingerprint density at radius 2 is 1.76 bits per heavy atom. The molecule has 2 atom stereocenters.